The van der Waals surface area contributed by atoms with Crippen LogP contribution in [0, 0.1) is 0 Å². The van der Waals surface area contributed by atoms with Crippen LogP contribution in [0.5, 0.6) is 0 Å². The zero-order valence-corrected chi connectivity index (χ0v) is 30.4. The highest BCUT2D eigenvalue weighted by Gasteiger charge is 2.22. The standard InChI is InChI=1S/C51H35N5/c1-4-19-36(20-5-1)37-21-18-22-38(35-37)49-52-50(54-51(53-49)56-47-33-16-13-29-43(47)44-30-14-17-34-48(44)56)45-31-11-10-27-41(45)42-28-12-15-32-46(42)55(39-23-6-2-7-24-39)40-25-8-3-9-26-40/h1-35H. The highest BCUT2D eigenvalue weighted by atomic mass is 15.2. The normalized spacial score (nSPS) is 11.2. The van der Waals surface area contributed by atoms with Crippen LogP contribution in [0.2, 0.25) is 0 Å². The van der Waals surface area contributed by atoms with Crippen LogP contribution >= 0.6 is 0 Å². The maximum Gasteiger partial charge on any atom is 0.238 e. The van der Waals surface area contributed by atoms with E-state index < -0.39 is 0 Å². The third-order valence-corrected chi connectivity index (χ3v) is 10.3. The Hall–Kier alpha value is -7.63. The SMILES string of the molecule is c1ccc(-c2cccc(-c3nc(-c4ccccc4-c4ccccc4N(c4ccccc4)c4ccccc4)nc(-n4c5ccccc5c5ccccc54)n3)c2)cc1. The molecule has 8 aromatic carbocycles. The number of fused-ring (bicyclic) bond motifs is 3. The van der Waals surface area contributed by atoms with E-state index in [9.17, 15) is 0 Å². The van der Waals surface area contributed by atoms with Gasteiger partial charge in [0.2, 0.25) is 5.95 Å². The Morgan fingerprint density at radius 3 is 1.48 bits per heavy atom. The minimum absolute atomic E-state index is 0.561. The molecule has 2 heterocycles. The van der Waals surface area contributed by atoms with Crippen LogP contribution in [0.3, 0.4) is 0 Å². The van der Waals surface area contributed by atoms with Crippen molar-refractivity contribution >= 4 is 38.9 Å². The summed E-state index contributed by atoms with van der Waals surface area (Å²) in [5.41, 5.74) is 11.4. The van der Waals surface area contributed by atoms with Gasteiger partial charge in [-0.25, -0.2) is 4.98 Å². The molecule has 5 nitrogen and oxygen atoms in total. The minimum atomic E-state index is 0.561. The van der Waals surface area contributed by atoms with Gasteiger partial charge < -0.3 is 4.90 Å². The first-order chi connectivity index (χ1) is 27.8. The molecular weight excluding hydrogens is 683 g/mol. The second kappa shape index (κ2) is 14.3. The van der Waals surface area contributed by atoms with Crippen LogP contribution in [-0.2, 0) is 0 Å². The van der Waals surface area contributed by atoms with Crippen LogP contribution in [0.15, 0.2) is 212 Å². The van der Waals surface area contributed by atoms with E-state index in [-0.39, 0.29) is 0 Å². The molecule has 0 aliphatic heterocycles. The number of aromatic nitrogens is 4. The largest absolute Gasteiger partial charge is 0.310 e. The van der Waals surface area contributed by atoms with E-state index in [2.05, 4.69) is 216 Å². The molecule has 5 heteroatoms. The smallest absolute Gasteiger partial charge is 0.238 e. The average Bonchev–Trinajstić information content (AvgIpc) is 3.62. The maximum atomic E-state index is 5.36. The number of anilines is 3. The Morgan fingerprint density at radius 1 is 0.339 bits per heavy atom. The zero-order chi connectivity index (χ0) is 37.3. The predicted octanol–water partition coefficient (Wildman–Crippen LogP) is 13.1. The van der Waals surface area contributed by atoms with Crippen LogP contribution in [0.1, 0.15) is 0 Å². The lowest BCUT2D eigenvalue weighted by molar-refractivity contribution is 0.953. The molecule has 10 aromatic rings. The average molecular weight is 718 g/mol. The van der Waals surface area contributed by atoms with Crippen LogP contribution in [0.4, 0.5) is 17.1 Å². The van der Waals surface area contributed by atoms with E-state index in [0.29, 0.717) is 17.6 Å². The van der Waals surface area contributed by atoms with Crippen molar-refractivity contribution in [2.75, 3.05) is 4.90 Å². The topological polar surface area (TPSA) is 46.8 Å². The molecule has 2 aromatic heterocycles. The molecule has 0 spiro atoms. The molecule has 0 bridgehead atoms. The van der Waals surface area contributed by atoms with Gasteiger partial charge in [0.25, 0.3) is 0 Å². The van der Waals surface area contributed by atoms with Gasteiger partial charge in [0, 0.05) is 38.8 Å². The molecule has 56 heavy (non-hydrogen) atoms. The van der Waals surface area contributed by atoms with Gasteiger partial charge >= 0.3 is 0 Å². The Balaban J connectivity index is 1.22. The summed E-state index contributed by atoms with van der Waals surface area (Å²) in [7, 11) is 0. The summed E-state index contributed by atoms with van der Waals surface area (Å²) in [4.78, 5) is 18.2. The summed E-state index contributed by atoms with van der Waals surface area (Å²) in [6.07, 6.45) is 0. The first-order valence-electron chi connectivity index (χ1n) is 18.8. The molecule has 0 amide bonds. The highest BCUT2D eigenvalue weighted by Crippen LogP contribution is 2.43. The molecule has 10 rings (SSSR count). The molecule has 0 N–H and O–H groups in total. The monoisotopic (exact) mass is 717 g/mol. The van der Waals surface area contributed by atoms with Gasteiger partial charge in [0.05, 0.1) is 16.7 Å². The number of hydrogen-bond acceptors (Lipinski definition) is 4. The third kappa shape index (κ3) is 5.98. The van der Waals surface area contributed by atoms with E-state index in [1.807, 2.05) is 6.07 Å². The lowest BCUT2D eigenvalue weighted by Crippen LogP contribution is -2.11. The predicted molar refractivity (Wildman–Crippen MR) is 231 cm³/mol. The first kappa shape index (κ1) is 33.0. The van der Waals surface area contributed by atoms with Crippen LogP contribution in [0.25, 0.3) is 72.8 Å². The molecule has 0 aliphatic carbocycles. The van der Waals surface area contributed by atoms with E-state index in [0.717, 1.165) is 72.2 Å². The number of nitrogens with zero attached hydrogens (tertiary/aromatic N) is 5. The van der Waals surface area contributed by atoms with Gasteiger partial charge in [-0.1, -0.05) is 164 Å². The minimum Gasteiger partial charge on any atom is -0.310 e. The van der Waals surface area contributed by atoms with Crippen molar-refractivity contribution in [3.63, 3.8) is 0 Å². The fourth-order valence-corrected chi connectivity index (χ4v) is 7.71. The van der Waals surface area contributed by atoms with Crippen molar-refractivity contribution < 1.29 is 0 Å². The Kier molecular flexibility index (Phi) is 8.43. The molecule has 0 aliphatic rings. The van der Waals surface area contributed by atoms with Crippen molar-refractivity contribution in [3.05, 3.63) is 212 Å². The zero-order valence-electron chi connectivity index (χ0n) is 30.4. The van der Waals surface area contributed by atoms with Crippen molar-refractivity contribution in [3.8, 4) is 51.0 Å². The summed E-state index contributed by atoms with van der Waals surface area (Å²) >= 11 is 0. The Bertz CT molecular complexity index is 2880. The van der Waals surface area contributed by atoms with Gasteiger partial charge in [-0.2, -0.15) is 9.97 Å². The molecule has 0 fully saturated rings. The number of rotatable bonds is 8. The van der Waals surface area contributed by atoms with Crippen molar-refractivity contribution in [1.82, 2.24) is 19.5 Å². The van der Waals surface area contributed by atoms with Gasteiger partial charge in [-0.05, 0) is 65.2 Å². The molecule has 0 unspecified atom stereocenters. The van der Waals surface area contributed by atoms with E-state index in [1.165, 1.54) is 0 Å². The Labute approximate surface area is 325 Å². The van der Waals surface area contributed by atoms with Gasteiger partial charge in [0.1, 0.15) is 0 Å². The number of benzene rings is 8. The summed E-state index contributed by atoms with van der Waals surface area (Å²) in [6, 6.07) is 73.8. The second-order valence-electron chi connectivity index (χ2n) is 13.7. The second-order valence-corrected chi connectivity index (χ2v) is 13.7. The summed E-state index contributed by atoms with van der Waals surface area (Å²) in [5.74, 6) is 1.75. The fourth-order valence-electron chi connectivity index (χ4n) is 7.71. The van der Waals surface area contributed by atoms with Gasteiger partial charge in [0.15, 0.2) is 11.6 Å². The Morgan fingerprint density at radius 2 is 0.821 bits per heavy atom. The van der Waals surface area contributed by atoms with Crippen LogP contribution < -0.4 is 4.90 Å². The number of hydrogen-bond donors (Lipinski definition) is 0. The van der Waals surface area contributed by atoms with E-state index in [4.69, 9.17) is 15.0 Å². The van der Waals surface area contributed by atoms with Gasteiger partial charge in [-0.15, -0.1) is 0 Å². The van der Waals surface area contributed by atoms with Crippen molar-refractivity contribution in [2.45, 2.75) is 0 Å². The first-order valence-corrected chi connectivity index (χ1v) is 18.8. The van der Waals surface area contributed by atoms with Gasteiger partial charge in [-0.3, -0.25) is 4.57 Å². The molecule has 0 saturated heterocycles. The summed E-state index contributed by atoms with van der Waals surface area (Å²) in [5, 5.41) is 2.29. The summed E-state index contributed by atoms with van der Waals surface area (Å²) < 4.78 is 2.17. The number of para-hydroxylation sites is 5. The lowest BCUT2D eigenvalue weighted by Gasteiger charge is -2.28. The quantitative estimate of drug-likeness (QED) is 0.157. The van der Waals surface area contributed by atoms with E-state index >= 15 is 0 Å². The lowest BCUT2D eigenvalue weighted by atomic mass is 9.96. The fraction of sp³-hybridized carbons (Fsp3) is 0. The van der Waals surface area contributed by atoms with E-state index in [1.54, 1.807) is 0 Å². The summed E-state index contributed by atoms with van der Waals surface area (Å²) in [6.45, 7) is 0. The van der Waals surface area contributed by atoms with Crippen LogP contribution in [-0.4, -0.2) is 19.5 Å². The molecule has 264 valence electrons. The molecular formula is C51H35N5. The van der Waals surface area contributed by atoms with Crippen molar-refractivity contribution in [2.24, 2.45) is 0 Å². The molecule has 0 radical (unpaired) electrons. The maximum absolute atomic E-state index is 5.36. The molecule has 0 saturated carbocycles. The van der Waals surface area contributed by atoms with Crippen molar-refractivity contribution in [1.29, 1.82) is 0 Å². The highest BCUT2D eigenvalue weighted by molar-refractivity contribution is 6.09. The third-order valence-electron chi connectivity index (χ3n) is 10.3. The molecule has 0 atom stereocenters.